The summed E-state index contributed by atoms with van der Waals surface area (Å²) < 4.78 is 25.3. The Morgan fingerprint density at radius 2 is 1.64 bits per heavy atom. The Morgan fingerprint density at radius 3 is 2.36 bits per heavy atom. The van der Waals surface area contributed by atoms with Gasteiger partial charge in [0.15, 0.2) is 11.5 Å². The molecule has 1 aromatic heterocycles. The van der Waals surface area contributed by atoms with Crippen molar-refractivity contribution >= 4 is 34.1 Å². The van der Waals surface area contributed by atoms with E-state index >= 15 is 0 Å². The number of halogens is 3. The maximum absolute atomic E-state index is 13.5. The fourth-order valence-electron chi connectivity index (χ4n) is 2.97. The zero-order chi connectivity index (χ0) is 19.9. The van der Waals surface area contributed by atoms with Gasteiger partial charge in [0, 0.05) is 35.7 Å². The molecule has 0 spiro atoms. The lowest BCUT2D eigenvalue weighted by molar-refractivity contribution is 0.265. The van der Waals surface area contributed by atoms with Crippen molar-refractivity contribution in [3.8, 4) is 11.5 Å². The first-order chi connectivity index (χ1) is 13.6. The Hall–Kier alpha value is -1.95. The zero-order valence-electron chi connectivity index (χ0n) is 15.4. The zero-order valence-corrected chi connectivity index (χ0v) is 17.0. The van der Waals surface area contributed by atoms with Crippen LogP contribution in [-0.4, -0.2) is 24.7 Å². The van der Waals surface area contributed by atoms with Crippen molar-refractivity contribution in [2.45, 2.75) is 25.7 Å². The molecule has 0 aliphatic heterocycles. The van der Waals surface area contributed by atoms with Gasteiger partial charge in [0.2, 0.25) is 0 Å². The number of nitrogens with one attached hydrogen (secondary N) is 1. The van der Waals surface area contributed by atoms with Crippen molar-refractivity contribution in [3.63, 3.8) is 0 Å². The summed E-state index contributed by atoms with van der Waals surface area (Å²) in [6.07, 6.45) is 5.36. The van der Waals surface area contributed by atoms with Gasteiger partial charge in [-0.2, -0.15) is 0 Å². The number of ether oxygens (including phenoxy) is 2. The van der Waals surface area contributed by atoms with Crippen molar-refractivity contribution in [2.75, 3.05) is 19.8 Å². The average molecular weight is 425 g/mol. The SMILES string of the molecule is NCCCCCOc1cc(Cl)c(Cl)cc1OCCc1c[nH]c2ccc(F)cc12. The van der Waals surface area contributed by atoms with Crippen molar-refractivity contribution in [3.05, 3.63) is 58.0 Å². The smallest absolute Gasteiger partial charge is 0.162 e. The average Bonchev–Trinajstić information content (AvgIpc) is 3.07. The van der Waals surface area contributed by atoms with Crippen LogP contribution in [0.25, 0.3) is 10.9 Å². The maximum atomic E-state index is 13.5. The normalized spacial score (nSPS) is 11.1. The minimum absolute atomic E-state index is 0.260. The summed E-state index contributed by atoms with van der Waals surface area (Å²) in [7, 11) is 0. The topological polar surface area (TPSA) is 60.3 Å². The molecule has 3 rings (SSSR count). The Bertz CT molecular complexity index is 930. The summed E-state index contributed by atoms with van der Waals surface area (Å²) in [5.74, 6) is 0.843. The molecule has 28 heavy (non-hydrogen) atoms. The Kier molecular flexibility index (Phi) is 7.43. The Labute approximate surface area is 173 Å². The molecule has 0 aliphatic carbocycles. The largest absolute Gasteiger partial charge is 0.490 e. The van der Waals surface area contributed by atoms with Gasteiger partial charge in [0.1, 0.15) is 5.82 Å². The molecule has 0 atom stereocenters. The predicted molar refractivity (Wildman–Crippen MR) is 112 cm³/mol. The van der Waals surface area contributed by atoms with E-state index in [2.05, 4.69) is 4.98 Å². The first kappa shape index (κ1) is 20.8. The van der Waals surface area contributed by atoms with Crippen LogP contribution in [-0.2, 0) is 6.42 Å². The van der Waals surface area contributed by atoms with Crippen molar-refractivity contribution in [1.82, 2.24) is 4.98 Å². The molecule has 1 heterocycles. The van der Waals surface area contributed by atoms with E-state index in [9.17, 15) is 4.39 Å². The third-order valence-electron chi connectivity index (χ3n) is 4.45. The number of nitrogens with two attached hydrogens (primary N) is 1. The van der Waals surface area contributed by atoms with E-state index in [4.69, 9.17) is 38.4 Å². The summed E-state index contributed by atoms with van der Waals surface area (Å²) in [5.41, 5.74) is 7.39. The van der Waals surface area contributed by atoms with Crippen LogP contribution >= 0.6 is 23.2 Å². The van der Waals surface area contributed by atoms with E-state index in [1.54, 1.807) is 18.2 Å². The fourth-order valence-corrected chi connectivity index (χ4v) is 3.28. The summed E-state index contributed by atoms with van der Waals surface area (Å²) in [4.78, 5) is 3.14. The molecule has 0 fully saturated rings. The van der Waals surface area contributed by atoms with Gasteiger partial charge in [-0.3, -0.25) is 0 Å². The standard InChI is InChI=1S/C21H23Cl2FN2O2/c22-17-11-20(27-8-3-1-2-7-25)21(12-18(17)23)28-9-6-14-13-26-19-5-4-15(24)10-16(14)19/h4-5,10-13,26H,1-3,6-9,25H2. The summed E-state index contributed by atoms with van der Waals surface area (Å²) in [5, 5.41) is 1.67. The summed E-state index contributed by atoms with van der Waals surface area (Å²) in [6, 6.07) is 8.02. The van der Waals surface area contributed by atoms with Gasteiger partial charge in [-0.1, -0.05) is 23.2 Å². The first-order valence-electron chi connectivity index (χ1n) is 9.28. The molecule has 150 valence electrons. The van der Waals surface area contributed by atoms with Gasteiger partial charge in [-0.25, -0.2) is 4.39 Å². The molecule has 7 heteroatoms. The molecule has 0 radical (unpaired) electrons. The summed E-state index contributed by atoms with van der Waals surface area (Å²) in [6.45, 7) is 1.62. The Balaban J connectivity index is 1.63. The summed E-state index contributed by atoms with van der Waals surface area (Å²) >= 11 is 12.3. The minimum atomic E-state index is -0.260. The van der Waals surface area contributed by atoms with Crippen LogP contribution in [0.5, 0.6) is 11.5 Å². The highest BCUT2D eigenvalue weighted by atomic mass is 35.5. The molecular formula is C21H23Cl2FN2O2. The Morgan fingerprint density at radius 1 is 0.929 bits per heavy atom. The van der Waals surface area contributed by atoms with E-state index in [0.717, 1.165) is 35.7 Å². The maximum Gasteiger partial charge on any atom is 0.162 e. The van der Waals surface area contributed by atoms with E-state index in [0.29, 0.717) is 47.7 Å². The van der Waals surface area contributed by atoms with Crippen molar-refractivity contribution in [2.24, 2.45) is 5.73 Å². The van der Waals surface area contributed by atoms with Crippen LogP contribution in [0.2, 0.25) is 10.0 Å². The fraction of sp³-hybridized carbons (Fsp3) is 0.333. The second-order valence-electron chi connectivity index (χ2n) is 6.51. The van der Waals surface area contributed by atoms with Crippen LogP contribution < -0.4 is 15.2 Å². The molecule has 0 bridgehead atoms. The molecule has 0 saturated heterocycles. The van der Waals surface area contributed by atoms with E-state index in [1.165, 1.54) is 12.1 Å². The van der Waals surface area contributed by atoms with Crippen LogP contribution in [0.4, 0.5) is 4.39 Å². The molecule has 2 aromatic carbocycles. The third kappa shape index (κ3) is 5.31. The lowest BCUT2D eigenvalue weighted by Crippen LogP contribution is -2.05. The molecule has 3 N–H and O–H groups in total. The number of benzene rings is 2. The molecule has 0 unspecified atom stereocenters. The van der Waals surface area contributed by atoms with Gasteiger partial charge >= 0.3 is 0 Å². The number of fused-ring (bicyclic) bond motifs is 1. The molecule has 3 aromatic rings. The molecule has 0 amide bonds. The molecule has 4 nitrogen and oxygen atoms in total. The van der Waals surface area contributed by atoms with E-state index in [1.807, 2.05) is 6.20 Å². The van der Waals surface area contributed by atoms with Gasteiger partial charge in [0.25, 0.3) is 0 Å². The predicted octanol–water partition coefficient (Wildman–Crippen LogP) is 5.74. The highest BCUT2D eigenvalue weighted by molar-refractivity contribution is 6.42. The minimum Gasteiger partial charge on any atom is -0.490 e. The second-order valence-corrected chi connectivity index (χ2v) is 7.33. The van der Waals surface area contributed by atoms with Crippen molar-refractivity contribution in [1.29, 1.82) is 0 Å². The number of hydrogen-bond donors (Lipinski definition) is 2. The number of hydrogen-bond acceptors (Lipinski definition) is 3. The number of aromatic nitrogens is 1. The number of rotatable bonds is 10. The van der Waals surface area contributed by atoms with E-state index < -0.39 is 0 Å². The second kappa shape index (κ2) is 10.0. The lowest BCUT2D eigenvalue weighted by atomic mass is 10.1. The monoisotopic (exact) mass is 424 g/mol. The number of H-pyrrole nitrogens is 1. The third-order valence-corrected chi connectivity index (χ3v) is 5.17. The van der Waals surface area contributed by atoms with Gasteiger partial charge < -0.3 is 20.2 Å². The van der Waals surface area contributed by atoms with Gasteiger partial charge in [0.05, 0.1) is 23.3 Å². The van der Waals surface area contributed by atoms with Crippen LogP contribution in [0.3, 0.4) is 0 Å². The van der Waals surface area contributed by atoms with Crippen molar-refractivity contribution < 1.29 is 13.9 Å². The molecule has 0 aliphatic rings. The molecular weight excluding hydrogens is 402 g/mol. The van der Waals surface area contributed by atoms with Crippen LogP contribution in [0, 0.1) is 5.82 Å². The first-order valence-corrected chi connectivity index (χ1v) is 10.0. The lowest BCUT2D eigenvalue weighted by Gasteiger charge is -2.14. The van der Waals surface area contributed by atoms with Gasteiger partial charge in [-0.05, 0) is 49.6 Å². The number of aromatic amines is 1. The number of unbranched alkanes of at least 4 members (excludes halogenated alkanes) is 2. The quantitative estimate of drug-likeness (QED) is 0.407. The van der Waals surface area contributed by atoms with Crippen LogP contribution in [0.15, 0.2) is 36.5 Å². The molecule has 0 saturated carbocycles. The highest BCUT2D eigenvalue weighted by Crippen LogP contribution is 2.36. The van der Waals surface area contributed by atoms with Crippen LogP contribution in [0.1, 0.15) is 24.8 Å². The highest BCUT2D eigenvalue weighted by Gasteiger charge is 2.11. The van der Waals surface area contributed by atoms with E-state index in [-0.39, 0.29) is 5.82 Å². The van der Waals surface area contributed by atoms with Gasteiger partial charge in [-0.15, -0.1) is 0 Å².